The molecule has 0 saturated heterocycles. The maximum absolute atomic E-state index is 12.4. The third-order valence-corrected chi connectivity index (χ3v) is 5.07. The molecule has 0 radical (unpaired) electrons. The van der Waals surface area contributed by atoms with E-state index in [1.807, 2.05) is 6.07 Å². The summed E-state index contributed by atoms with van der Waals surface area (Å²) in [6, 6.07) is 17.4. The van der Waals surface area contributed by atoms with Crippen molar-refractivity contribution in [2.75, 3.05) is 5.32 Å². The first-order valence-electron chi connectivity index (χ1n) is 7.91. The predicted octanol–water partition coefficient (Wildman–Crippen LogP) is 2.88. The fourth-order valence-electron chi connectivity index (χ4n) is 2.34. The minimum atomic E-state index is -3.77. The number of sulfonamides is 1. The van der Waals surface area contributed by atoms with E-state index >= 15 is 0 Å². The van der Waals surface area contributed by atoms with E-state index in [0.29, 0.717) is 22.6 Å². The number of hydrogen-bond donors (Lipinski definition) is 2. The summed E-state index contributed by atoms with van der Waals surface area (Å²) in [5.41, 5.74) is 0.989. The van der Waals surface area contributed by atoms with Gasteiger partial charge in [0.15, 0.2) is 0 Å². The summed E-state index contributed by atoms with van der Waals surface area (Å²) in [7, 11) is -3.77. The lowest BCUT2D eigenvalue weighted by Gasteiger charge is -2.09. The highest BCUT2D eigenvalue weighted by Crippen LogP contribution is 2.17. The molecule has 0 saturated carbocycles. The monoisotopic (exact) mass is 381 g/mol. The molecule has 0 aliphatic rings. The van der Waals surface area contributed by atoms with E-state index in [0.717, 1.165) is 0 Å². The average Bonchev–Trinajstić information content (AvgIpc) is 3.20. The Labute approximate surface area is 156 Å². The van der Waals surface area contributed by atoms with E-state index < -0.39 is 15.9 Å². The van der Waals surface area contributed by atoms with Gasteiger partial charge in [0.2, 0.25) is 10.0 Å². The number of nitrogens with zero attached hydrogens (tertiary/aromatic N) is 1. The number of amides is 1. The highest BCUT2D eigenvalue weighted by molar-refractivity contribution is 7.89. The Kier molecular flexibility index (Phi) is 5.35. The van der Waals surface area contributed by atoms with Gasteiger partial charge in [-0.05, 0) is 48.5 Å². The Hall–Kier alpha value is -3.41. The predicted molar refractivity (Wildman–Crippen MR) is 98.3 cm³/mol. The van der Waals surface area contributed by atoms with Crippen molar-refractivity contribution < 1.29 is 17.6 Å². The van der Waals surface area contributed by atoms with Gasteiger partial charge in [0, 0.05) is 11.3 Å². The van der Waals surface area contributed by atoms with Crippen molar-refractivity contribution in [3.8, 4) is 6.07 Å². The molecule has 7 nitrogen and oxygen atoms in total. The molecule has 0 aliphatic carbocycles. The number of carbonyl (C=O) groups is 1. The number of carbonyl (C=O) groups excluding carboxylic acids is 1. The van der Waals surface area contributed by atoms with Gasteiger partial charge in [-0.25, -0.2) is 13.1 Å². The van der Waals surface area contributed by atoms with Crippen LogP contribution >= 0.6 is 0 Å². The van der Waals surface area contributed by atoms with E-state index in [9.17, 15) is 13.2 Å². The summed E-state index contributed by atoms with van der Waals surface area (Å²) >= 11 is 0. The molecule has 27 heavy (non-hydrogen) atoms. The average molecular weight is 381 g/mol. The van der Waals surface area contributed by atoms with E-state index in [1.54, 1.807) is 36.4 Å². The Balaban J connectivity index is 1.74. The maximum atomic E-state index is 12.4. The van der Waals surface area contributed by atoms with Gasteiger partial charge >= 0.3 is 0 Å². The minimum absolute atomic E-state index is 0.0117. The first kappa shape index (κ1) is 18.4. The van der Waals surface area contributed by atoms with Crippen LogP contribution in [-0.2, 0) is 16.6 Å². The first-order valence-corrected chi connectivity index (χ1v) is 9.40. The van der Waals surface area contributed by atoms with Crippen molar-refractivity contribution in [3.63, 3.8) is 0 Å². The molecule has 0 fully saturated rings. The molecule has 1 heterocycles. The Morgan fingerprint density at radius 3 is 2.63 bits per heavy atom. The van der Waals surface area contributed by atoms with Gasteiger partial charge < -0.3 is 9.73 Å². The Bertz CT molecular complexity index is 1100. The van der Waals surface area contributed by atoms with E-state index in [1.165, 1.54) is 30.5 Å². The summed E-state index contributed by atoms with van der Waals surface area (Å²) in [4.78, 5) is 12.3. The van der Waals surface area contributed by atoms with Gasteiger partial charge in [-0.2, -0.15) is 5.26 Å². The molecule has 0 spiro atoms. The second-order valence-corrected chi connectivity index (χ2v) is 7.35. The van der Waals surface area contributed by atoms with Crippen LogP contribution in [0.3, 0.4) is 0 Å². The lowest BCUT2D eigenvalue weighted by molar-refractivity contribution is 0.102. The van der Waals surface area contributed by atoms with Gasteiger partial charge in [0.1, 0.15) is 5.76 Å². The number of furan rings is 1. The standard InChI is InChI=1S/C19H15N3O4S/c20-12-14-4-1-5-15(10-14)19(23)22-16-6-2-8-18(11-16)27(24,25)21-13-17-7-3-9-26-17/h1-11,21H,13H2,(H,22,23). The number of hydrogen-bond acceptors (Lipinski definition) is 5. The maximum Gasteiger partial charge on any atom is 0.255 e. The first-order chi connectivity index (χ1) is 13.0. The van der Waals surface area contributed by atoms with Gasteiger partial charge in [0.05, 0.1) is 29.3 Å². The third-order valence-electron chi connectivity index (χ3n) is 3.67. The molecular formula is C19H15N3O4S. The molecule has 3 aromatic rings. The highest BCUT2D eigenvalue weighted by Gasteiger charge is 2.16. The zero-order valence-corrected chi connectivity index (χ0v) is 14.9. The molecule has 0 bridgehead atoms. The van der Waals surface area contributed by atoms with Gasteiger partial charge in [-0.1, -0.05) is 12.1 Å². The molecule has 1 aromatic heterocycles. The van der Waals surface area contributed by atoms with Crippen molar-refractivity contribution >= 4 is 21.6 Å². The number of rotatable bonds is 6. The number of nitrogens with one attached hydrogen (secondary N) is 2. The highest BCUT2D eigenvalue weighted by atomic mass is 32.2. The number of benzene rings is 2. The lowest BCUT2D eigenvalue weighted by atomic mass is 10.1. The molecular weight excluding hydrogens is 366 g/mol. The Morgan fingerprint density at radius 1 is 1.07 bits per heavy atom. The molecule has 2 aromatic carbocycles. The summed E-state index contributed by atoms with van der Waals surface area (Å²) in [6.07, 6.45) is 1.46. The van der Waals surface area contributed by atoms with Crippen molar-refractivity contribution in [1.82, 2.24) is 4.72 Å². The zero-order chi connectivity index (χ0) is 19.3. The van der Waals surface area contributed by atoms with Crippen molar-refractivity contribution in [2.24, 2.45) is 0 Å². The van der Waals surface area contributed by atoms with Crippen LogP contribution in [0, 0.1) is 11.3 Å². The van der Waals surface area contributed by atoms with Crippen LogP contribution < -0.4 is 10.0 Å². The van der Waals surface area contributed by atoms with Crippen molar-refractivity contribution in [1.29, 1.82) is 5.26 Å². The summed E-state index contributed by atoms with van der Waals surface area (Å²) < 4.78 is 32.4. The fourth-order valence-corrected chi connectivity index (χ4v) is 3.38. The largest absolute Gasteiger partial charge is 0.468 e. The molecule has 0 unspecified atom stereocenters. The molecule has 8 heteroatoms. The van der Waals surface area contributed by atoms with Crippen LogP contribution in [0.15, 0.2) is 76.2 Å². The van der Waals surface area contributed by atoms with E-state index in [2.05, 4.69) is 10.0 Å². The second-order valence-electron chi connectivity index (χ2n) is 5.58. The number of nitriles is 1. The third kappa shape index (κ3) is 4.61. The van der Waals surface area contributed by atoms with Gasteiger partial charge in [-0.15, -0.1) is 0 Å². The molecule has 136 valence electrons. The van der Waals surface area contributed by atoms with Gasteiger partial charge in [-0.3, -0.25) is 4.79 Å². The second kappa shape index (κ2) is 7.86. The summed E-state index contributed by atoms with van der Waals surface area (Å²) in [6.45, 7) is 0.0207. The topological polar surface area (TPSA) is 112 Å². The fraction of sp³-hybridized carbons (Fsp3) is 0.0526. The molecule has 3 rings (SSSR count). The number of anilines is 1. The van der Waals surface area contributed by atoms with Crippen LogP contribution in [0.4, 0.5) is 5.69 Å². The zero-order valence-electron chi connectivity index (χ0n) is 14.0. The Morgan fingerprint density at radius 2 is 1.89 bits per heavy atom. The van der Waals surface area contributed by atoms with Crippen LogP contribution in [0.2, 0.25) is 0 Å². The van der Waals surface area contributed by atoms with E-state index in [-0.39, 0.29) is 11.4 Å². The minimum Gasteiger partial charge on any atom is -0.468 e. The summed E-state index contributed by atoms with van der Waals surface area (Å²) in [5, 5.41) is 11.5. The summed E-state index contributed by atoms with van der Waals surface area (Å²) in [5.74, 6) is 0.0469. The van der Waals surface area contributed by atoms with E-state index in [4.69, 9.17) is 9.68 Å². The molecule has 2 N–H and O–H groups in total. The molecule has 0 atom stereocenters. The lowest BCUT2D eigenvalue weighted by Crippen LogP contribution is -2.23. The quantitative estimate of drug-likeness (QED) is 0.682. The van der Waals surface area contributed by atoms with Crippen molar-refractivity contribution in [3.05, 3.63) is 83.8 Å². The normalized spacial score (nSPS) is 10.9. The van der Waals surface area contributed by atoms with Gasteiger partial charge in [0.25, 0.3) is 5.91 Å². The van der Waals surface area contributed by atoms with Crippen molar-refractivity contribution in [2.45, 2.75) is 11.4 Å². The van der Waals surface area contributed by atoms with Crippen LogP contribution in [-0.4, -0.2) is 14.3 Å². The molecule has 1 amide bonds. The smallest absolute Gasteiger partial charge is 0.255 e. The van der Waals surface area contributed by atoms with Crippen LogP contribution in [0.25, 0.3) is 0 Å². The SMILES string of the molecule is N#Cc1cccc(C(=O)Nc2cccc(S(=O)(=O)NCc3ccco3)c2)c1. The molecule has 0 aliphatic heterocycles. The van der Waals surface area contributed by atoms with Crippen LogP contribution in [0.5, 0.6) is 0 Å². The van der Waals surface area contributed by atoms with Crippen LogP contribution in [0.1, 0.15) is 21.7 Å².